The van der Waals surface area contributed by atoms with E-state index in [1.807, 2.05) is 0 Å². The number of carbonyl (C=O) groups is 1. The first kappa shape index (κ1) is 17.4. The highest BCUT2D eigenvalue weighted by molar-refractivity contribution is 8.13. The molecule has 0 aliphatic carbocycles. The highest BCUT2D eigenvalue weighted by Gasteiger charge is 2.26. The number of benzene rings is 1. The van der Waals surface area contributed by atoms with Gasteiger partial charge < -0.3 is 4.74 Å². The lowest BCUT2D eigenvalue weighted by atomic mass is 10.1. The van der Waals surface area contributed by atoms with Gasteiger partial charge in [0.25, 0.3) is 14.7 Å². The minimum atomic E-state index is -4.22. The molecule has 7 nitrogen and oxygen atoms in total. The van der Waals surface area contributed by atoms with Gasteiger partial charge >= 0.3 is 5.97 Å². The third kappa shape index (κ3) is 4.15. The summed E-state index contributed by atoms with van der Waals surface area (Å²) in [7, 11) is 1.03. The molecular formula is C12H14ClNO6S. The number of nitro groups is 1. The fourth-order valence-electron chi connectivity index (χ4n) is 1.57. The van der Waals surface area contributed by atoms with E-state index >= 15 is 0 Å². The van der Waals surface area contributed by atoms with Crippen LogP contribution >= 0.6 is 10.7 Å². The number of hydrogen-bond acceptors (Lipinski definition) is 6. The molecule has 1 aromatic rings. The SMILES string of the molecule is CCC(C)OC(=O)c1cc([N+](=O)[O-])c(C)c(S(=O)(=O)Cl)c1. The van der Waals surface area contributed by atoms with E-state index in [0.29, 0.717) is 6.42 Å². The van der Waals surface area contributed by atoms with Crippen LogP contribution in [0, 0.1) is 17.0 Å². The summed E-state index contributed by atoms with van der Waals surface area (Å²) in [6.45, 7) is 4.70. The summed E-state index contributed by atoms with van der Waals surface area (Å²) in [5.41, 5.74) is -0.866. The number of halogens is 1. The molecule has 0 saturated heterocycles. The molecule has 0 aliphatic heterocycles. The lowest BCUT2D eigenvalue weighted by Gasteiger charge is -2.12. The first-order valence-electron chi connectivity index (χ1n) is 6.02. The third-order valence-electron chi connectivity index (χ3n) is 2.91. The van der Waals surface area contributed by atoms with Crippen molar-refractivity contribution in [3.05, 3.63) is 33.4 Å². The van der Waals surface area contributed by atoms with Gasteiger partial charge in [0.05, 0.1) is 21.5 Å². The molecule has 1 aromatic carbocycles. The summed E-state index contributed by atoms with van der Waals surface area (Å²) >= 11 is 0. The maximum atomic E-state index is 11.9. The van der Waals surface area contributed by atoms with Crippen molar-refractivity contribution in [2.75, 3.05) is 0 Å². The van der Waals surface area contributed by atoms with E-state index in [0.717, 1.165) is 12.1 Å². The van der Waals surface area contributed by atoms with E-state index in [-0.39, 0.29) is 11.1 Å². The van der Waals surface area contributed by atoms with Gasteiger partial charge in [-0.15, -0.1) is 0 Å². The number of nitrogens with zero attached hydrogens (tertiary/aromatic N) is 1. The van der Waals surface area contributed by atoms with Gasteiger partial charge in [-0.3, -0.25) is 10.1 Å². The Morgan fingerprint density at radius 2 is 2.05 bits per heavy atom. The largest absolute Gasteiger partial charge is 0.459 e. The van der Waals surface area contributed by atoms with Crippen molar-refractivity contribution in [2.24, 2.45) is 0 Å². The molecule has 116 valence electrons. The van der Waals surface area contributed by atoms with Gasteiger partial charge in [-0.25, -0.2) is 13.2 Å². The predicted octanol–water partition coefficient (Wildman–Crippen LogP) is 2.79. The summed E-state index contributed by atoms with van der Waals surface area (Å²) < 4.78 is 28.0. The smallest absolute Gasteiger partial charge is 0.338 e. The number of hydrogen-bond donors (Lipinski definition) is 0. The number of nitro benzene ring substituents is 1. The second-order valence-electron chi connectivity index (χ2n) is 4.44. The van der Waals surface area contributed by atoms with Gasteiger partial charge in [0.1, 0.15) is 0 Å². The minimum Gasteiger partial charge on any atom is -0.459 e. The molecule has 1 unspecified atom stereocenters. The molecule has 1 atom stereocenters. The average molecular weight is 336 g/mol. The summed E-state index contributed by atoms with van der Waals surface area (Å²) in [5, 5.41) is 11.0. The van der Waals surface area contributed by atoms with Crippen LogP contribution in [0.3, 0.4) is 0 Å². The van der Waals surface area contributed by atoms with Crippen LogP contribution < -0.4 is 0 Å². The number of carbonyl (C=O) groups excluding carboxylic acids is 1. The van der Waals surface area contributed by atoms with E-state index < -0.39 is 36.6 Å². The monoisotopic (exact) mass is 335 g/mol. The Labute approximate surface area is 126 Å². The molecule has 0 spiro atoms. The van der Waals surface area contributed by atoms with Crippen LogP contribution in [0.25, 0.3) is 0 Å². The Morgan fingerprint density at radius 3 is 2.48 bits per heavy atom. The Kier molecular flexibility index (Phi) is 5.30. The van der Waals surface area contributed by atoms with Crippen LogP contribution in [0.2, 0.25) is 0 Å². The average Bonchev–Trinajstić information content (AvgIpc) is 2.36. The van der Waals surface area contributed by atoms with Gasteiger partial charge in [0.15, 0.2) is 0 Å². The molecule has 0 aliphatic rings. The van der Waals surface area contributed by atoms with Crippen molar-refractivity contribution in [1.82, 2.24) is 0 Å². The molecule has 1 rings (SSSR count). The van der Waals surface area contributed by atoms with Crippen LogP contribution in [0.1, 0.15) is 36.2 Å². The van der Waals surface area contributed by atoms with E-state index in [1.165, 1.54) is 6.92 Å². The molecular weight excluding hydrogens is 322 g/mol. The number of esters is 1. The molecule has 0 N–H and O–H groups in total. The fraction of sp³-hybridized carbons (Fsp3) is 0.417. The first-order chi connectivity index (χ1) is 9.57. The second-order valence-corrected chi connectivity index (χ2v) is 6.97. The van der Waals surface area contributed by atoms with Gasteiger partial charge in [0.2, 0.25) is 0 Å². The molecule has 0 fully saturated rings. The highest BCUT2D eigenvalue weighted by Crippen LogP contribution is 2.29. The zero-order chi connectivity index (χ0) is 16.4. The molecule has 21 heavy (non-hydrogen) atoms. The van der Waals surface area contributed by atoms with Crippen molar-refractivity contribution >= 4 is 31.4 Å². The topological polar surface area (TPSA) is 104 Å². The lowest BCUT2D eigenvalue weighted by molar-refractivity contribution is -0.385. The standard InChI is InChI=1S/C12H14ClNO6S/c1-4-7(2)20-12(15)9-5-10(14(16)17)8(3)11(6-9)21(13,18)19/h5-7H,4H2,1-3H3. The Balaban J connectivity index is 3.45. The van der Waals surface area contributed by atoms with Crippen LogP contribution in [0.15, 0.2) is 17.0 Å². The molecule has 0 saturated carbocycles. The molecule has 0 aromatic heterocycles. The van der Waals surface area contributed by atoms with Crippen molar-refractivity contribution in [3.63, 3.8) is 0 Å². The van der Waals surface area contributed by atoms with Gasteiger partial charge in [-0.1, -0.05) is 6.92 Å². The van der Waals surface area contributed by atoms with Crippen molar-refractivity contribution in [1.29, 1.82) is 0 Å². The van der Waals surface area contributed by atoms with E-state index in [9.17, 15) is 23.3 Å². The number of ether oxygens (including phenoxy) is 1. The van der Waals surface area contributed by atoms with Gasteiger partial charge in [-0.05, 0) is 26.3 Å². The minimum absolute atomic E-state index is 0.130. The lowest BCUT2D eigenvalue weighted by Crippen LogP contribution is -2.15. The summed E-state index contributed by atoms with van der Waals surface area (Å²) in [5.74, 6) is -0.839. The number of rotatable bonds is 5. The third-order valence-corrected chi connectivity index (χ3v) is 4.36. The summed E-state index contributed by atoms with van der Waals surface area (Å²) in [6.07, 6.45) is 0.161. The van der Waals surface area contributed by atoms with Crippen LogP contribution in [-0.4, -0.2) is 25.4 Å². The van der Waals surface area contributed by atoms with E-state index in [4.69, 9.17) is 15.4 Å². The van der Waals surface area contributed by atoms with Gasteiger partial charge in [-0.2, -0.15) is 0 Å². The summed E-state index contributed by atoms with van der Waals surface area (Å²) in [4.78, 5) is 21.6. The molecule has 0 radical (unpaired) electrons. The second kappa shape index (κ2) is 6.40. The normalized spacial score (nSPS) is 12.8. The van der Waals surface area contributed by atoms with E-state index in [2.05, 4.69) is 0 Å². The first-order valence-corrected chi connectivity index (χ1v) is 8.33. The van der Waals surface area contributed by atoms with Crippen molar-refractivity contribution in [2.45, 2.75) is 38.2 Å². The Morgan fingerprint density at radius 1 is 1.48 bits per heavy atom. The van der Waals surface area contributed by atoms with Crippen molar-refractivity contribution < 1.29 is 22.9 Å². The molecule has 0 amide bonds. The highest BCUT2D eigenvalue weighted by atomic mass is 35.7. The van der Waals surface area contributed by atoms with Crippen LogP contribution in [0.5, 0.6) is 0 Å². The maximum Gasteiger partial charge on any atom is 0.338 e. The summed E-state index contributed by atoms with van der Waals surface area (Å²) in [6, 6.07) is 1.96. The maximum absolute atomic E-state index is 11.9. The molecule has 0 bridgehead atoms. The Hall–Kier alpha value is -1.67. The van der Waals surface area contributed by atoms with Crippen LogP contribution in [-0.2, 0) is 13.8 Å². The van der Waals surface area contributed by atoms with Gasteiger partial charge in [0, 0.05) is 22.3 Å². The van der Waals surface area contributed by atoms with E-state index in [1.54, 1.807) is 13.8 Å². The Bertz CT molecular complexity index is 685. The zero-order valence-corrected chi connectivity index (χ0v) is 13.2. The predicted molar refractivity (Wildman–Crippen MR) is 76.0 cm³/mol. The quantitative estimate of drug-likeness (QED) is 0.354. The van der Waals surface area contributed by atoms with Crippen LogP contribution in [0.4, 0.5) is 5.69 Å². The fourth-order valence-corrected chi connectivity index (χ4v) is 2.79. The molecule has 9 heteroatoms. The van der Waals surface area contributed by atoms with Crippen molar-refractivity contribution in [3.8, 4) is 0 Å². The molecule has 0 heterocycles. The zero-order valence-electron chi connectivity index (χ0n) is 11.6.